The molecule has 0 aliphatic rings. The van der Waals surface area contributed by atoms with Gasteiger partial charge in [0.15, 0.2) is 0 Å². The van der Waals surface area contributed by atoms with Gasteiger partial charge in [-0.1, -0.05) is 0 Å². The number of nitrogens with zero attached hydrogens (tertiary/aromatic N) is 1. The fourth-order valence-electron chi connectivity index (χ4n) is 1.38. The Morgan fingerprint density at radius 2 is 2.25 bits per heavy atom. The van der Waals surface area contributed by atoms with Gasteiger partial charge in [0.2, 0.25) is 0 Å². The van der Waals surface area contributed by atoms with Crippen LogP contribution in [0, 0.1) is 2.88 Å². The lowest BCUT2D eigenvalue weighted by Crippen LogP contribution is -2.27. The SMILES string of the molecule is CN(CCCCCO)C(=O)c1csc(I)c1. The minimum Gasteiger partial charge on any atom is -0.396 e. The van der Waals surface area contributed by atoms with E-state index in [-0.39, 0.29) is 12.5 Å². The van der Waals surface area contributed by atoms with Gasteiger partial charge in [0.1, 0.15) is 0 Å². The second-order valence-corrected chi connectivity index (χ2v) is 6.46. The van der Waals surface area contributed by atoms with E-state index in [1.54, 1.807) is 16.2 Å². The third-order valence-electron chi connectivity index (χ3n) is 2.31. The molecule has 1 rings (SSSR count). The number of carbonyl (C=O) groups is 1. The monoisotopic (exact) mass is 353 g/mol. The molecule has 1 N–H and O–H groups in total. The molecular weight excluding hydrogens is 337 g/mol. The van der Waals surface area contributed by atoms with Gasteiger partial charge in [0, 0.05) is 25.6 Å². The number of carbonyl (C=O) groups excluding carboxylic acids is 1. The molecule has 0 atom stereocenters. The van der Waals surface area contributed by atoms with Crippen molar-refractivity contribution in [2.24, 2.45) is 0 Å². The van der Waals surface area contributed by atoms with E-state index in [0.717, 1.165) is 34.3 Å². The predicted molar refractivity (Wildman–Crippen MR) is 74.9 cm³/mol. The van der Waals surface area contributed by atoms with E-state index < -0.39 is 0 Å². The van der Waals surface area contributed by atoms with Crippen LogP contribution in [0.25, 0.3) is 0 Å². The van der Waals surface area contributed by atoms with Crippen LogP contribution in [-0.4, -0.2) is 36.1 Å². The molecule has 0 aromatic carbocycles. The van der Waals surface area contributed by atoms with Crippen LogP contribution >= 0.6 is 33.9 Å². The highest BCUT2D eigenvalue weighted by Crippen LogP contribution is 2.17. The summed E-state index contributed by atoms with van der Waals surface area (Å²) in [5.74, 6) is 0.0863. The maximum atomic E-state index is 11.9. The van der Waals surface area contributed by atoms with Gasteiger partial charge < -0.3 is 10.0 Å². The largest absolute Gasteiger partial charge is 0.396 e. The number of rotatable bonds is 6. The van der Waals surface area contributed by atoms with E-state index in [1.165, 1.54) is 0 Å². The summed E-state index contributed by atoms with van der Waals surface area (Å²) in [6.07, 6.45) is 2.73. The van der Waals surface area contributed by atoms with Gasteiger partial charge >= 0.3 is 0 Å². The standard InChI is InChI=1S/C11H16INO2S/c1-13(5-3-2-4-6-14)11(15)9-7-10(12)16-8-9/h7-8,14H,2-6H2,1H3. The lowest BCUT2D eigenvalue weighted by Gasteiger charge is -2.15. The summed E-state index contributed by atoms with van der Waals surface area (Å²) in [6.45, 7) is 0.992. The van der Waals surface area contributed by atoms with E-state index in [1.807, 2.05) is 18.5 Å². The third-order valence-corrected chi connectivity index (χ3v) is 4.10. The summed E-state index contributed by atoms with van der Waals surface area (Å²) in [6, 6.07) is 1.91. The smallest absolute Gasteiger partial charge is 0.254 e. The van der Waals surface area contributed by atoms with Crippen molar-refractivity contribution in [3.63, 3.8) is 0 Å². The van der Waals surface area contributed by atoms with Crippen molar-refractivity contribution in [3.8, 4) is 0 Å². The number of halogens is 1. The number of aliphatic hydroxyl groups is 1. The molecule has 3 nitrogen and oxygen atoms in total. The van der Waals surface area contributed by atoms with E-state index >= 15 is 0 Å². The molecular formula is C11H16INO2S. The van der Waals surface area contributed by atoms with Gasteiger partial charge in [-0.15, -0.1) is 11.3 Å². The molecule has 5 heteroatoms. The van der Waals surface area contributed by atoms with Crippen LogP contribution in [0.4, 0.5) is 0 Å². The summed E-state index contributed by atoms with van der Waals surface area (Å²) in [5, 5.41) is 10.5. The van der Waals surface area contributed by atoms with Gasteiger partial charge in [-0.25, -0.2) is 0 Å². The molecule has 1 aromatic heterocycles. The van der Waals surface area contributed by atoms with Crippen molar-refractivity contribution in [3.05, 3.63) is 19.9 Å². The Morgan fingerprint density at radius 3 is 2.81 bits per heavy atom. The Labute approximate surface area is 114 Å². The van der Waals surface area contributed by atoms with Crippen molar-refractivity contribution >= 4 is 39.8 Å². The molecule has 0 aliphatic heterocycles. The molecule has 0 fully saturated rings. The van der Waals surface area contributed by atoms with E-state index in [2.05, 4.69) is 22.6 Å². The molecule has 0 bridgehead atoms. The number of thiophene rings is 1. The van der Waals surface area contributed by atoms with Crippen LogP contribution in [0.1, 0.15) is 29.6 Å². The van der Waals surface area contributed by atoms with E-state index in [4.69, 9.17) is 5.11 Å². The molecule has 0 radical (unpaired) electrons. The molecule has 0 aliphatic carbocycles. The van der Waals surface area contributed by atoms with Crippen LogP contribution in [0.2, 0.25) is 0 Å². The summed E-state index contributed by atoms with van der Waals surface area (Å²) in [5.41, 5.74) is 0.777. The minimum absolute atomic E-state index is 0.0863. The Balaban J connectivity index is 2.36. The zero-order valence-electron chi connectivity index (χ0n) is 9.28. The normalized spacial score (nSPS) is 10.4. The number of hydrogen-bond acceptors (Lipinski definition) is 3. The van der Waals surface area contributed by atoms with Crippen LogP contribution in [0.5, 0.6) is 0 Å². The quantitative estimate of drug-likeness (QED) is 0.631. The first-order valence-electron chi connectivity index (χ1n) is 5.25. The third kappa shape index (κ3) is 4.39. The maximum Gasteiger partial charge on any atom is 0.254 e. The summed E-state index contributed by atoms with van der Waals surface area (Å²) >= 11 is 3.81. The lowest BCUT2D eigenvalue weighted by atomic mass is 10.2. The molecule has 0 saturated heterocycles. The van der Waals surface area contributed by atoms with Crippen molar-refractivity contribution in [1.82, 2.24) is 4.90 Å². The second kappa shape index (κ2) is 7.24. The van der Waals surface area contributed by atoms with E-state index in [0.29, 0.717) is 0 Å². The average Bonchev–Trinajstić information content (AvgIpc) is 2.70. The van der Waals surface area contributed by atoms with Crippen LogP contribution in [-0.2, 0) is 0 Å². The van der Waals surface area contributed by atoms with Gasteiger partial charge in [0.05, 0.1) is 8.45 Å². The van der Waals surface area contributed by atoms with Crippen molar-refractivity contribution in [2.75, 3.05) is 20.2 Å². The van der Waals surface area contributed by atoms with Gasteiger partial charge in [-0.3, -0.25) is 4.79 Å². The Kier molecular flexibility index (Phi) is 6.30. The lowest BCUT2D eigenvalue weighted by molar-refractivity contribution is 0.0792. The molecule has 0 saturated carbocycles. The number of amides is 1. The molecule has 1 heterocycles. The Bertz CT molecular complexity index is 340. The zero-order chi connectivity index (χ0) is 12.0. The molecule has 1 aromatic rings. The Hall–Kier alpha value is -0.140. The van der Waals surface area contributed by atoms with Crippen molar-refractivity contribution in [1.29, 1.82) is 0 Å². The van der Waals surface area contributed by atoms with Crippen LogP contribution in [0.3, 0.4) is 0 Å². The van der Waals surface area contributed by atoms with Gasteiger partial charge in [-0.2, -0.15) is 0 Å². The second-order valence-electron chi connectivity index (χ2n) is 3.65. The summed E-state index contributed by atoms with van der Waals surface area (Å²) in [4.78, 5) is 13.6. The van der Waals surface area contributed by atoms with Crippen molar-refractivity contribution < 1.29 is 9.90 Å². The first kappa shape index (κ1) is 13.9. The molecule has 1 amide bonds. The molecule has 90 valence electrons. The predicted octanol–water partition coefficient (Wildman–Crippen LogP) is 2.59. The van der Waals surface area contributed by atoms with Crippen LogP contribution in [0.15, 0.2) is 11.4 Å². The summed E-state index contributed by atoms with van der Waals surface area (Å²) in [7, 11) is 1.83. The highest BCUT2D eigenvalue weighted by Gasteiger charge is 2.12. The van der Waals surface area contributed by atoms with E-state index in [9.17, 15) is 4.79 Å². The molecule has 16 heavy (non-hydrogen) atoms. The fourth-order valence-corrected chi connectivity index (χ4v) is 2.70. The fraction of sp³-hybridized carbons (Fsp3) is 0.545. The number of unbranched alkanes of at least 4 members (excludes halogenated alkanes) is 2. The van der Waals surface area contributed by atoms with Crippen LogP contribution < -0.4 is 0 Å². The minimum atomic E-state index is 0.0863. The van der Waals surface area contributed by atoms with Gasteiger partial charge in [0.25, 0.3) is 5.91 Å². The maximum absolute atomic E-state index is 11.9. The topological polar surface area (TPSA) is 40.5 Å². The average molecular weight is 353 g/mol. The highest BCUT2D eigenvalue weighted by molar-refractivity contribution is 14.1. The number of aliphatic hydroxyl groups excluding tert-OH is 1. The summed E-state index contributed by atoms with van der Waals surface area (Å²) < 4.78 is 1.13. The first-order valence-corrected chi connectivity index (χ1v) is 7.21. The molecule has 0 unspecified atom stereocenters. The molecule has 0 spiro atoms. The first-order chi connectivity index (χ1) is 7.65. The zero-order valence-corrected chi connectivity index (χ0v) is 12.3. The highest BCUT2D eigenvalue weighted by atomic mass is 127. The Morgan fingerprint density at radius 1 is 1.50 bits per heavy atom. The number of hydrogen-bond donors (Lipinski definition) is 1. The van der Waals surface area contributed by atoms with Gasteiger partial charge in [-0.05, 0) is 47.9 Å². The van der Waals surface area contributed by atoms with Crippen molar-refractivity contribution in [2.45, 2.75) is 19.3 Å².